The molecule has 4 aromatic rings. The average Bonchev–Trinajstić information content (AvgIpc) is 3.08. The Bertz CT molecular complexity index is 1390. The zero-order valence-corrected chi connectivity index (χ0v) is 20.6. The third-order valence-electron chi connectivity index (χ3n) is 6.34. The van der Waals surface area contributed by atoms with Gasteiger partial charge in [0.15, 0.2) is 0 Å². The molecule has 1 aromatic heterocycles. The van der Waals surface area contributed by atoms with Crippen molar-refractivity contribution >= 4 is 66.5 Å². The molecule has 0 radical (unpaired) electrons. The molecule has 4 atom stereocenters. The molecule has 1 saturated carbocycles. The Hall–Kier alpha value is -1.80. The molecule has 0 saturated heterocycles. The predicted octanol–water partition coefficient (Wildman–Crippen LogP) is 6.82. The third kappa shape index (κ3) is 4.25. The van der Waals surface area contributed by atoms with Gasteiger partial charge in [0.1, 0.15) is 9.92 Å². The minimum absolute atomic E-state index is 0.265. The SMILES string of the molecule is N=S(=O)(NC1CCCC(n2c3ccc(Cl)cc3c3cc(Cl)ccc32)C1O)c1ccc(Cl)cc1. The fourth-order valence-electron chi connectivity index (χ4n) is 4.83. The van der Waals surface area contributed by atoms with Crippen molar-refractivity contribution in [2.75, 3.05) is 0 Å². The van der Waals surface area contributed by atoms with Crippen molar-refractivity contribution < 1.29 is 9.32 Å². The summed E-state index contributed by atoms with van der Waals surface area (Å²) in [6.45, 7) is 0. The van der Waals surface area contributed by atoms with Gasteiger partial charge in [-0.3, -0.25) is 0 Å². The molecule has 1 fully saturated rings. The molecule has 3 N–H and O–H groups in total. The van der Waals surface area contributed by atoms with Gasteiger partial charge in [-0.05, 0) is 79.9 Å². The summed E-state index contributed by atoms with van der Waals surface area (Å²) in [5, 5.41) is 15.1. The molecule has 0 aliphatic heterocycles. The van der Waals surface area contributed by atoms with Gasteiger partial charge in [-0.15, -0.1) is 0 Å². The fourth-order valence-corrected chi connectivity index (χ4v) is 6.64. The number of halogens is 3. The minimum atomic E-state index is -3.31. The summed E-state index contributed by atoms with van der Waals surface area (Å²) in [6, 6.07) is 17.0. The normalized spacial score (nSPS) is 23.1. The summed E-state index contributed by atoms with van der Waals surface area (Å²) in [7, 11) is -3.31. The zero-order valence-electron chi connectivity index (χ0n) is 17.5. The first kappa shape index (κ1) is 23.0. The molecule has 5 nitrogen and oxygen atoms in total. The Labute approximate surface area is 207 Å². The van der Waals surface area contributed by atoms with Crippen LogP contribution in [-0.2, 0) is 9.92 Å². The number of nitrogens with one attached hydrogen (secondary N) is 2. The molecule has 1 aliphatic carbocycles. The molecule has 1 aliphatic rings. The highest BCUT2D eigenvalue weighted by molar-refractivity contribution is 7.90. The maximum absolute atomic E-state index is 13.2. The smallest absolute Gasteiger partial charge is 0.134 e. The lowest BCUT2D eigenvalue weighted by Gasteiger charge is -2.37. The summed E-state index contributed by atoms with van der Waals surface area (Å²) in [5.41, 5.74) is 1.90. The number of rotatable bonds is 4. The average molecular weight is 523 g/mol. The lowest BCUT2D eigenvalue weighted by Crippen LogP contribution is -2.49. The second kappa shape index (κ2) is 8.77. The van der Waals surface area contributed by atoms with Gasteiger partial charge < -0.3 is 9.67 Å². The van der Waals surface area contributed by atoms with Crippen LogP contribution in [0.2, 0.25) is 15.1 Å². The highest BCUT2D eigenvalue weighted by Gasteiger charge is 2.36. The van der Waals surface area contributed by atoms with E-state index >= 15 is 0 Å². The van der Waals surface area contributed by atoms with Gasteiger partial charge in [-0.25, -0.2) is 13.7 Å². The predicted molar refractivity (Wildman–Crippen MR) is 136 cm³/mol. The second-order valence-corrected chi connectivity index (χ2v) is 11.5. The van der Waals surface area contributed by atoms with Crippen LogP contribution in [0.15, 0.2) is 65.6 Å². The third-order valence-corrected chi connectivity index (χ3v) is 8.64. The molecule has 172 valence electrons. The van der Waals surface area contributed by atoms with Crippen LogP contribution in [0.3, 0.4) is 0 Å². The Morgan fingerprint density at radius 1 is 0.879 bits per heavy atom. The molecule has 3 aromatic carbocycles. The van der Waals surface area contributed by atoms with E-state index in [1.807, 2.05) is 36.4 Å². The lowest BCUT2D eigenvalue weighted by molar-refractivity contribution is 0.0550. The minimum Gasteiger partial charge on any atom is -0.389 e. The molecule has 0 spiro atoms. The molecule has 4 unspecified atom stereocenters. The first-order chi connectivity index (χ1) is 15.7. The molecule has 33 heavy (non-hydrogen) atoms. The van der Waals surface area contributed by atoms with E-state index in [2.05, 4.69) is 9.29 Å². The van der Waals surface area contributed by atoms with E-state index in [1.165, 1.54) is 0 Å². The van der Waals surface area contributed by atoms with Crippen LogP contribution in [0.1, 0.15) is 25.3 Å². The molecular formula is C24H22Cl3N3O2S. The largest absolute Gasteiger partial charge is 0.389 e. The van der Waals surface area contributed by atoms with Crippen LogP contribution >= 0.6 is 34.8 Å². The van der Waals surface area contributed by atoms with E-state index in [-0.39, 0.29) is 6.04 Å². The molecule has 0 amide bonds. The number of aliphatic hydroxyl groups excluding tert-OH is 1. The maximum Gasteiger partial charge on any atom is 0.134 e. The van der Waals surface area contributed by atoms with Crippen molar-refractivity contribution in [3.05, 3.63) is 75.7 Å². The van der Waals surface area contributed by atoms with Gasteiger partial charge in [0.25, 0.3) is 0 Å². The molecule has 0 bridgehead atoms. The highest BCUT2D eigenvalue weighted by Crippen LogP contribution is 2.39. The van der Waals surface area contributed by atoms with Crippen molar-refractivity contribution in [2.45, 2.75) is 42.3 Å². The van der Waals surface area contributed by atoms with Gasteiger partial charge in [0.2, 0.25) is 0 Å². The number of hydrogen-bond acceptors (Lipinski definition) is 3. The topological polar surface area (TPSA) is 78.1 Å². The van der Waals surface area contributed by atoms with Gasteiger partial charge in [-0.1, -0.05) is 34.8 Å². The summed E-state index contributed by atoms with van der Waals surface area (Å²) < 4.78 is 26.7. The Balaban J connectivity index is 1.54. The van der Waals surface area contributed by atoms with E-state index < -0.39 is 22.1 Å². The first-order valence-electron chi connectivity index (χ1n) is 10.6. The number of aliphatic hydroxyl groups is 1. The summed E-state index contributed by atoms with van der Waals surface area (Å²) in [6.07, 6.45) is 1.35. The van der Waals surface area contributed by atoms with Crippen molar-refractivity contribution in [3.63, 3.8) is 0 Å². The monoisotopic (exact) mass is 521 g/mol. The Kier molecular flexibility index (Phi) is 6.10. The number of benzene rings is 3. The fraction of sp³-hybridized carbons (Fsp3) is 0.250. The highest BCUT2D eigenvalue weighted by atomic mass is 35.5. The molecule has 5 rings (SSSR count). The van der Waals surface area contributed by atoms with E-state index in [0.717, 1.165) is 34.6 Å². The van der Waals surface area contributed by atoms with Crippen LogP contribution in [0.25, 0.3) is 21.8 Å². The maximum atomic E-state index is 13.2. The summed E-state index contributed by atoms with van der Waals surface area (Å²) >= 11 is 18.5. The standard InChI is InChI=1S/C24H22Cl3N3O2S/c25-14-4-8-17(9-5-14)33(28,32)29-20-2-1-3-23(24(20)31)30-21-10-6-15(26)12-18(21)19-13-16(27)7-11-22(19)30/h4-13,20,23-24,31H,1-3H2,(H2,28,29,32). The van der Waals surface area contributed by atoms with E-state index in [0.29, 0.717) is 26.4 Å². The van der Waals surface area contributed by atoms with E-state index in [4.69, 9.17) is 39.6 Å². The van der Waals surface area contributed by atoms with Gasteiger partial charge >= 0.3 is 0 Å². The van der Waals surface area contributed by atoms with Crippen molar-refractivity contribution in [1.29, 1.82) is 4.78 Å². The van der Waals surface area contributed by atoms with Gasteiger partial charge in [0, 0.05) is 42.9 Å². The second-order valence-electron chi connectivity index (χ2n) is 8.42. The van der Waals surface area contributed by atoms with Crippen molar-refractivity contribution in [3.8, 4) is 0 Å². The molecule has 9 heteroatoms. The van der Waals surface area contributed by atoms with Gasteiger partial charge in [-0.2, -0.15) is 0 Å². The van der Waals surface area contributed by atoms with Crippen LogP contribution in [0, 0.1) is 4.78 Å². The number of fused-ring (bicyclic) bond motifs is 3. The number of aromatic nitrogens is 1. The quantitative estimate of drug-likeness (QED) is 0.275. The van der Waals surface area contributed by atoms with Crippen LogP contribution in [0.4, 0.5) is 0 Å². The molecular weight excluding hydrogens is 501 g/mol. The van der Waals surface area contributed by atoms with Crippen molar-refractivity contribution in [1.82, 2.24) is 9.29 Å². The first-order valence-corrected chi connectivity index (χ1v) is 13.3. The van der Waals surface area contributed by atoms with Crippen molar-refractivity contribution in [2.24, 2.45) is 0 Å². The lowest BCUT2D eigenvalue weighted by atomic mass is 9.88. The van der Waals surface area contributed by atoms with Gasteiger partial charge in [0.05, 0.1) is 17.0 Å². The summed E-state index contributed by atoms with van der Waals surface area (Å²) in [5.74, 6) is 0. The Morgan fingerprint density at radius 2 is 1.42 bits per heavy atom. The number of hydrogen-bond donors (Lipinski definition) is 3. The number of nitrogens with zero attached hydrogens (tertiary/aromatic N) is 1. The van der Waals surface area contributed by atoms with E-state index in [1.54, 1.807) is 24.3 Å². The van der Waals surface area contributed by atoms with Crippen LogP contribution in [0.5, 0.6) is 0 Å². The Morgan fingerprint density at radius 3 is 2.00 bits per heavy atom. The summed E-state index contributed by atoms with van der Waals surface area (Å²) in [4.78, 5) is 0.336. The van der Waals surface area contributed by atoms with Crippen LogP contribution in [-0.4, -0.2) is 26.0 Å². The zero-order chi connectivity index (χ0) is 23.3. The van der Waals surface area contributed by atoms with E-state index in [9.17, 15) is 9.32 Å². The van der Waals surface area contributed by atoms with Crippen LogP contribution < -0.4 is 4.72 Å². The molecule has 1 heterocycles.